The van der Waals surface area contributed by atoms with Crippen molar-refractivity contribution >= 4 is 5.82 Å². The minimum Gasteiger partial charge on any atom is -0.380 e. The number of nitrogens with zero attached hydrogens (tertiary/aromatic N) is 2. The molecule has 0 atom stereocenters. The summed E-state index contributed by atoms with van der Waals surface area (Å²) in [5, 5.41) is 3.95. The highest BCUT2D eigenvalue weighted by Gasteiger charge is 2.38. The Morgan fingerprint density at radius 1 is 1.28 bits per heavy atom. The van der Waals surface area contributed by atoms with Crippen LogP contribution < -0.4 is 5.73 Å². The Morgan fingerprint density at radius 3 is 2.72 bits per heavy atom. The lowest BCUT2D eigenvalue weighted by Crippen LogP contribution is -2.17. The number of nitrogens with two attached hydrogens (primary N) is 1. The summed E-state index contributed by atoms with van der Waals surface area (Å²) in [7, 11) is 0. The number of anilines is 1. The summed E-state index contributed by atoms with van der Waals surface area (Å²) in [6.07, 6.45) is 6.49. The summed E-state index contributed by atoms with van der Waals surface area (Å²) in [5.74, 6) is 1.34. The molecular formula is C14H17N3O. The third kappa shape index (κ3) is 1.68. The van der Waals surface area contributed by atoms with Crippen LogP contribution in [0.1, 0.15) is 38.4 Å². The van der Waals surface area contributed by atoms with E-state index in [-0.39, 0.29) is 5.41 Å². The molecule has 2 N–H and O–H groups in total. The van der Waals surface area contributed by atoms with Gasteiger partial charge in [-0.15, -0.1) is 0 Å². The molecule has 0 saturated heterocycles. The lowest BCUT2D eigenvalue weighted by molar-refractivity contribution is 0.307. The molecule has 4 nitrogen and oxygen atoms in total. The van der Waals surface area contributed by atoms with E-state index in [2.05, 4.69) is 17.1 Å². The van der Waals surface area contributed by atoms with E-state index in [0.717, 1.165) is 29.9 Å². The zero-order valence-corrected chi connectivity index (χ0v) is 10.5. The van der Waals surface area contributed by atoms with Crippen molar-refractivity contribution in [1.29, 1.82) is 0 Å². The molecule has 1 aliphatic carbocycles. The minimum atomic E-state index is 0.0531. The number of nitrogen functional groups attached to an aromatic ring is 1. The second-order valence-corrected chi connectivity index (χ2v) is 5.25. The fourth-order valence-corrected chi connectivity index (χ4v) is 2.85. The van der Waals surface area contributed by atoms with E-state index < -0.39 is 0 Å². The van der Waals surface area contributed by atoms with Crippen LogP contribution in [-0.2, 0) is 5.41 Å². The molecule has 0 radical (unpaired) electrons. The standard InChI is InChI=1S/C14H17N3O/c1-14(7-3-4-8-14)12-11(13(15)17-18-12)10-6-2-5-9-16-10/h2,5-6,9H,3-4,7-8H2,1H3,(H2,15,17). The predicted molar refractivity (Wildman–Crippen MR) is 70.0 cm³/mol. The van der Waals surface area contributed by atoms with Crippen molar-refractivity contribution in [1.82, 2.24) is 10.1 Å². The lowest BCUT2D eigenvalue weighted by Gasteiger charge is -2.20. The number of pyridine rings is 1. The Hall–Kier alpha value is -1.84. The Bertz CT molecular complexity index is 541. The maximum absolute atomic E-state index is 5.96. The highest BCUT2D eigenvalue weighted by atomic mass is 16.5. The van der Waals surface area contributed by atoms with Crippen LogP contribution in [-0.4, -0.2) is 10.1 Å². The average molecular weight is 243 g/mol. The van der Waals surface area contributed by atoms with Gasteiger partial charge in [-0.3, -0.25) is 4.98 Å². The van der Waals surface area contributed by atoms with Crippen LogP contribution in [0.15, 0.2) is 28.9 Å². The van der Waals surface area contributed by atoms with Gasteiger partial charge in [-0.2, -0.15) is 0 Å². The van der Waals surface area contributed by atoms with Gasteiger partial charge in [0.1, 0.15) is 0 Å². The molecule has 94 valence electrons. The van der Waals surface area contributed by atoms with Crippen molar-refractivity contribution in [2.75, 3.05) is 5.73 Å². The Morgan fingerprint density at radius 2 is 2.06 bits per heavy atom. The van der Waals surface area contributed by atoms with Crippen molar-refractivity contribution in [3.05, 3.63) is 30.2 Å². The van der Waals surface area contributed by atoms with Crippen molar-refractivity contribution in [3.63, 3.8) is 0 Å². The summed E-state index contributed by atoms with van der Waals surface area (Å²) >= 11 is 0. The second kappa shape index (κ2) is 4.12. The molecule has 0 amide bonds. The maximum Gasteiger partial charge on any atom is 0.176 e. The first-order valence-corrected chi connectivity index (χ1v) is 6.38. The number of hydrogen-bond acceptors (Lipinski definition) is 4. The molecule has 2 aromatic heterocycles. The van der Waals surface area contributed by atoms with Crippen LogP contribution in [0.4, 0.5) is 5.82 Å². The highest BCUT2D eigenvalue weighted by Crippen LogP contribution is 2.45. The van der Waals surface area contributed by atoms with Crippen LogP contribution in [0.2, 0.25) is 0 Å². The van der Waals surface area contributed by atoms with E-state index >= 15 is 0 Å². The molecule has 0 spiro atoms. The van der Waals surface area contributed by atoms with Crippen LogP contribution in [0, 0.1) is 0 Å². The lowest BCUT2D eigenvalue weighted by atomic mass is 9.83. The van der Waals surface area contributed by atoms with Crippen molar-refractivity contribution in [3.8, 4) is 11.3 Å². The Balaban J connectivity index is 2.12. The van der Waals surface area contributed by atoms with Gasteiger partial charge in [0, 0.05) is 11.6 Å². The molecule has 1 aliphatic rings. The molecule has 18 heavy (non-hydrogen) atoms. The molecule has 0 bridgehead atoms. The summed E-state index contributed by atoms with van der Waals surface area (Å²) in [6.45, 7) is 2.23. The third-order valence-corrected chi connectivity index (χ3v) is 3.89. The summed E-state index contributed by atoms with van der Waals surface area (Å²) in [6, 6.07) is 5.80. The van der Waals surface area contributed by atoms with Gasteiger partial charge in [0.25, 0.3) is 0 Å². The summed E-state index contributed by atoms with van der Waals surface area (Å²) < 4.78 is 5.52. The van der Waals surface area contributed by atoms with E-state index in [1.54, 1.807) is 6.20 Å². The topological polar surface area (TPSA) is 64.9 Å². The van der Waals surface area contributed by atoms with Gasteiger partial charge >= 0.3 is 0 Å². The van der Waals surface area contributed by atoms with Gasteiger partial charge in [-0.25, -0.2) is 0 Å². The van der Waals surface area contributed by atoms with E-state index in [1.165, 1.54) is 12.8 Å². The molecule has 1 saturated carbocycles. The van der Waals surface area contributed by atoms with Crippen molar-refractivity contribution in [2.45, 2.75) is 38.0 Å². The zero-order valence-electron chi connectivity index (χ0n) is 10.5. The summed E-state index contributed by atoms with van der Waals surface area (Å²) in [4.78, 5) is 4.37. The predicted octanol–water partition coefficient (Wildman–Crippen LogP) is 3.15. The smallest absolute Gasteiger partial charge is 0.176 e. The van der Waals surface area contributed by atoms with Crippen molar-refractivity contribution in [2.24, 2.45) is 0 Å². The molecule has 2 heterocycles. The molecule has 0 aromatic carbocycles. The molecule has 2 aromatic rings. The van der Waals surface area contributed by atoms with Crippen LogP contribution in [0.25, 0.3) is 11.3 Å². The SMILES string of the molecule is CC1(c2onc(N)c2-c2ccccn2)CCCC1. The molecule has 4 heteroatoms. The number of aromatic nitrogens is 2. The van der Waals surface area contributed by atoms with E-state index in [9.17, 15) is 0 Å². The van der Waals surface area contributed by atoms with Gasteiger partial charge in [-0.1, -0.05) is 31.0 Å². The Kier molecular flexibility index (Phi) is 2.58. The van der Waals surface area contributed by atoms with E-state index in [4.69, 9.17) is 10.3 Å². The summed E-state index contributed by atoms with van der Waals surface area (Å²) in [5.41, 5.74) is 7.73. The first kappa shape index (κ1) is 11.3. The van der Waals surface area contributed by atoms with Crippen LogP contribution in [0.3, 0.4) is 0 Å². The Labute approximate surface area is 106 Å². The van der Waals surface area contributed by atoms with Gasteiger partial charge in [-0.05, 0) is 25.0 Å². The highest BCUT2D eigenvalue weighted by molar-refractivity contribution is 5.73. The van der Waals surface area contributed by atoms with Crippen LogP contribution >= 0.6 is 0 Å². The number of rotatable bonds is 2. The van der Waals surface area contributed by atoms with E-state index in [0.29, 0.717) is 5.82 Å². The maximum atomic E-state index is 5.96. The fraction of sp³-hybridized carbons (Fsp3) is 0.429. The third-order valence-electron chi connectivity index (χ3n) is 3.89. The first-order chi connectivity index (χ1) is 8.71. The average Bonchev–Trinajstić information content (AvgIpc) is 2.98. The molecule has 1 fully saturated rings. The molecule has 3 rings (SSSR count). The van der Waals surface area contributed by atoms with Gasteiger partial charge in [0.15, 0.2) is 11.6 Å². The van der Waals surface area contributed by atoms with Gasteiger partial charge in [0.05, 0.1) is 11.3 Å². The first-order valence-electron chi connectivity index (χ1n) is 6.38. The van der Waals surface area contributed by atoms with Crippen LogP contribution in [0.5, 0.6) is 0 Å². The van der Waals surface area contributed by atoms with Crippen molar-refractivity contribution < 1.29 is 4.52 Å². The zero-order chi connectivity index (χ0) is 12.6. The van der Waals surface area contributed by atoms with Gasteiger partial charge < -0.3 is 10.3 Å². The fourth-order valence-electron chi connectivity index (χ4n) is 2.85. The number of hydrogen-bond donors (Lipinski definition) is 1. The quantitative estimate of drug-likeness (QED) is 0.880. The molecule has 0 unspecified atom stereocenters. The molecular weight excluding hydrogens is 226 g/mol. The largest absolute Gasteiger partial charge is 0.380 e. The minimum absolute atomic E-state index is 0.0531. The second-order valence-electron chi connectivity index (χ2n) is 5.25. The van der Waals surface area contributed by atoms with E-state index in [1.807, 2.05) is 18.2 Å². The van der Waals surface area contributed by atoms with Gasteiger partial charge in [0.2, 0.25) is 0 Å². The molecule has 0 aliphatic heterocycles. The normalized spacial score (nSPS) is 18.1. The monoisotopic (exact) mass is 243 g/mol.